The van der Waals surface area contributed by atoms with E-state index in [0.29, 0.717) is 0 Å². The minimum absolute atomic E-state index is 0.970. The van der Waals surface area contributed by atoms with Crippen LogP contribution in [-0.2, 0) is 0 Å². The number of benzene rings is 3. The highest BCUT2D eigenvalue weighted by Gasteiger charge is 2.17. The van der Waals surface area contributed by atoms with Gasteiger partial charge in [-0.2, -0.15) is 0 Å². The number of para-hydroxylation sites is 1. The van der Waals surface area contributed by atoms with Gasteiger partial charge < -0.3 is 4.98 Å². The van der Waals surface area contributed by atoms with E-state index in [4.69, 9.17) is 4.98 Å². The summed E-state index contributed by atoms with van der Waals surface area (Å²) in [5.41, 5.74) is 7.81. The third kappa shape index (κ3) is 1.74. The molecule has 0 saturated heterocycles. The van der Waals surface area contributed by atoms with Crippen LogP contribution in [0, 0.1) is 0 Å². The number of nitrogens with zero attached hydrogens (tertiary/aromatic N) is 2. The summed E-state index contributed by atoms with van der Waals surface area (Å²) in [6.07, 6.45) is 2.10. The Labute approximate surface area is 149 Å². The molecule has 0 aliphatic heterocycles. The summed E-state index contributed by atoms with van der Waals surface area (Å²) < 4.78 is 2.20. The van der Waals surface area contributed by atoms with E-state index in [2.05, 4.69) is 82.3 Å². The van der Waals surface area contributed by atoms with Crippen LogP contribution in [0.25, 0.3) is 49.6 Å². The van der Waals surface area contributed by atoms with Crippen LogP contribution in [0.1, 0.15) is 0 Å². The van der Waals surface area contributed by atoms with Crippen LogP contribution >= 0.6 is 0 Å². The van der Waals surface area contributed by atoms with Crippen molar-refractivity contribution in [3.8, 4) is 11.1 Å². The van der Waals surface area contributed by atoms with Crippen molar-refractivity contribution < 1.29 is 0 Å². The first-order valence-electron chi connectivity index (χ1n) is 8.76. The molecular weight excluding hydrogens is 318 g/mol. The fraction of sp³-hybridized carbons (Fsp3) is 0. The van der Waals surface area contributed by atoms with Crippen LogP contribution in [0.15, 0.2) is 85.1 Å². The molecule has 0 spiro atoms. The molecule has 3 aromatic carbocycles. The van der Waals surface area contributed by atoms with E-state index in [-0.39, 0.29) is 0 Å². The number of aromatic nitrogens is 3. The molecule has 0 atom stereocenters. The molecule has 6 aromatic rings. The highest BCUT2D eigenvalue weighted by molar-refractivity contribution is 6.22. The van der Waals surface area contributed by atoms with Crippen LogP contribution < -0.4 is 0 Å². The SMILES string of the molecule is c1ccc(-c2cc3[nH]c4ccccc4c3c3c2nc2ccccn23)cc1. The molecule has 0 unspecified atom stereocenters. The molecule has 3 nitrogen and oxygen atoms in total. The lowest BCUT2D eigenvalue weighted by Gasteiger charge is -2.05. The maximum Gasteiger partial charge on any atom is 0.137 e. The van der Waals surface area contributed by atoms with Crippen molar-refractivity contribution >= 4 is 38.5 Å². The first-order valence-corrected chi connectivity index (χ1v) is 8.76. The number of imidazole rings is 1. The smallest absolute Gasteiger partial charge is 0.137 e. The first-order chi connectivity index (χ1) is 12.9. The van der Waals surface area contributed by atoms with E-state index in [9.17, 15) is 0 Å². The molecule has 0 fully saturated rings. The lowest BCUT2D eigenvalue weighted by atomic mass is 10.0. The normalized spacial score (nSPS) is 11.8. The molecule has 122 valence electrons. The van der Waals surface area contributed by atoms with E-state index in [0.717, 1.165) is 33.3 Å². The number of H-pyrrole nitrogens is 1. The Morgan fingerprint density at radius 1 is 0.769 bits per heavy atom. The maximum absolute atomic E-state index is 4.98. The molecule has 0 amide bonds. The summed E-state index contributed by atoms with van der Waals surface area (Å²) >= 11 is 0. The van der Waals surface area contributed by atoms with Gasteiger partial charge in [0.05, 0.1) is 11.0 Å². The molecule has 26 heavy (non-hydrogen) atoms. The third-order valence-corrected chi connectivity index (χ3v) is 5.13. The molecule has 0 aliphatic carbocycles. The zero-order valence-corrected chi connectivity index (χ0v) is 14.0. The highest BCUT2D eigenvalue weighted by atomic mass is 15.0. The van der Waals surface area contributed by atoms with Crippen LogP contribution in [0.5, 0.6) is 0 Å². The Hall–Kier alpha value is -3.59. The van der Waals surface area contributed by atoms with Crippen LogP contribution in [0.4, 0.5) is 0 Å². The van der Waals surface area contributed by atoms with Crippen molar-refractivity contribution in [2.45, 2.75) is 0 Å². The van der Waals surface area contributed by atoms with Gasteiger partial charge in [-0.15, -0.1) is 0 Å². The lowest BCUT2D eigenvalue weighted by molar-refractivity contribution is 1.23. The van der Waals surface area contributed by atoms with Gasteiger partial charge in [0.25, 0.3) is 0 Å². The molecule has 0 saturated carbocycles. The number of nitrogens with one attached hydrogen (secondary N) is 1. The van der Waals surface area contributed by atoms with Crippen molar-refractivity contribution in [3.63, 3.8) is 0 Å². The second-order valence-electron chi connectivity index (χ2n) is 6.62. The van der Waals surface area contributed by atoms with Gasteiger partial charge in [0, 0.05) is 33.6 Å². The topological polar surface area (TPSA) is 33.1 Å². The molecule has 3 aromatic heterocycles. The minimum Gasteiger partial charge on any atom is -0.354 e. The van der Waals surface area contributed by atoms with Crippen molar-refractivity contribution in [2.75, 3.05) is 0 Å². The zero-order chi connectivity index (χ0) is 17.1. The summed E-state index contributed by atoms with van der Waals surface area (Å²) in [7, 11) is 0. The number of hydrogen-bond acceptors (Lipinski definition) is 1. The number of rotatable bonds is 1. The number of pyridine rings is 1. The second-order valence-corrected chi connectivity index (χ2v) is 6.62. The van der Waals surface area contributed by atoms with Gasteiger partial charge >= 0.3 is 0 Å². The maximum atomic E-state index is 4.98. The van der Waals surface area contributed by atoms with Crippen molar-refractivity contribution in [1.82, 2.24) is 14.4 Å². The van der Waals surface area contributed by atoms with E-state index in [1.165, 1.54) is 16.3 Å². The van der Waals surface area contributed by atoms with E-state index in [1.54, 1.807) is 0 Å². The Kier molecular flexibility index (Phi) is 2.61. The minimum atomic E-state index is 0.970. The summed E-state index contributed by atoms with van der Waals surface area (Å²) in [4.78, 5) is 8.57. The summed E-state index contributed by atoms with van der Waals surface area (Å²) in [6.45, 7) is 0. The van der Waals surface area contributed by atoms with Crippen LogP contribution in [-0.4, -0.2) is 14.4 Å². The first kappa shape index (κ1) is 13.7. The Balaban J connectivity index is 1.92. The Morgan fingerprint density at radius 3 is 2.50 bits per heavy atom. The van der Waals surface area contributed by atoms with Gasteiger partial charge in [0.2, 0.25) is 0 Å². The Morgan fingerprint density at radius 2 is 1.58 bits per heavy atom. The Bertz CT molecular complexity index is 1420. The van der Waals surface area contributed by atoms with Gasteiger partial charge in [-0.05, 0) is 29.8 Å². The summed E-state index contributed by atoms with van der Waals surface area (Å²) in [5, 5.41) is 2.46. The summed E-state index contributed by atoms with van der Waals surface area (Å²) in [6, 6.07) is 27.4. The largest absolute Gasteiger partial charge is 0.354 e. The molecule has 3 heteroatoms. The predicted octanol–water partition coefficient (Wildman–Crippen LogP) is 5.79. The van der Waals surface area contributed by atoms with E-state index >= 15 is 0 Å². The quantitative estimate of drug-likeness (QED) is 0.406. The number of fused-ring (bicyclic) bond motifs is 7. The van der Waals surface area contributed by atoms with E-state index in [1.807, 2.05) is 12.1 Å². The van der Waals surface area contributed by atoms with Gasteiger partial charge in [-0.3, -0.25) is 4.40 Å². The number of hydrogen-bond donors (Lipinski definition) is 1. The van der Waals surface area contributed by atoms with Crippen molar-refractivity contribution in [1.29, 1.82) is 0 Å². The van der Waals surface area contributed by atoms with Gasteiger partial charge in [-0.25, -0.2) is 4.98 Å². The van der Waals surface area contributed by atoms with Gasteiger partial charge in [-0.1, -0.05) is 54.6 Å². The average molecular weight is 333 g/mol. The third-order valence-electron chi connectivity index (χ3n) is 5.13. The van der Waals surface area contributed by atoms with E-state index < -0.39 is 0 Å². The zero-order valence-electron chi connectivity index (χ0n) is 14.0. The molecule has 0 bridgehead atoms. The second kappa shape index (κ2) is 4.96. The molecule has 6 rings (SSSR count). The van der Waals surface area contributed by atoms with Crippen molar-refractivity contribution in [3.05, 3.63) is 85.1 Å². The predicted molar refractivity (Wildman–Crippen MR) is 107 cm³/mol. The van der Waals surface area contributed by atoms with Crippen LogP contribution in [0.3, 0.4) is 0 Å². The fourth-order valence-corrected chi connectivity index (χ4v) is 4.00. The average Bonchev–Trinajstić information content (AvgIpc) is 3.26. The monoisotopic (exact) mass is 333 g/mol. The molecule has 3 heterocycles. The fourth-order valence-electron chi connectivity index (χ4n) is 4.00. The van der Waals surface area contributed by atoms with Crippen molar-refractivity contribution in [2.24, 2.45) is 0 Å². The molecular formula is C23H15N3. The molecule has 0 radical (unpaired) electrons. The van der Waals surface area contributed by atoms with Gasteiger partial charge in [0.1, 0.15) is 5.65 Å². The summed E-state index contributed by atoms with van der Waals surface area (Å²) in [5.74, 6) is 0. The molecule has 0 aliphatic rings. The van der Waals surface area contributed by atoms with Crippen LogP contribution in [0.2, 0.25) is 0 Å². The number of aromatic amines is 1. The standard InChI is InChI=1S/C23H15N3/c1-2-8-15(9-3-1)17-14-19-21(16-10-4-5-11-18(16)24-19)23-22(17)25-20-12-6-7-13-26(20)23/h1-14,24H. The van der Waals surface area contributed by atoms with Gasteiger partial charge in [0.15, 0.2) is 0 Å². The molecule has 1 N–H and O–H groups in total. The highest BCUT2D eigenvalue weighted by Crippen LogP contribution is 2.38. The lowest BCUT2D eigenvalue weighted by Crippen LogP contribution is -1.85.